The third-order valence-electron chi connectivity index (χ3n) is 16.2. The summed E-state index contributed by atoms with van der Waals surface area (Å²) in [6.07, 6.45) is 0. The number of anilines is 6. The van der Waals surface area contributed by atoms with E-state index in [4.69, 9.17) is 0 Å². The van der Waals surface area contributed by atoms with Gasteiger partial charge in [0.15, 0.2) is 0 Å². The fraction of sp³-hybridized carbons (Fsp3) is 0. The van der Waals surface area contributed by atoms with Crippen LogP contribution in [0, 0.1) is 0 Å². The van der Waals surface area contributed by atoms with Crippen LogP contribution in [0.1, 0.15) is 0 Å². The summed E-state index contributed by atoms with van der Waals surface area (Å²) in [6, 6.07) is 108. The van der Waals surface area contributed by atoms with Gasteiger partial charge in [-0.25, -0.2) is 0 Å². The molecule has 0 aliphatic rings. The maximum absolute atomic E-state index is 2.45. The van der Waals surface area contributed by atoms with Gasteiger partial charge in [-0.1, -0.05) is 218 Å². The van der Waals surface area contributed by atoms with E-state index in [-0.39, 0.29) is 0 Å². The normalized spacial score (nSPS) is 11.8. The summed E-state index contributed by atoms with van der Waals surface area (Å²) in [5, 5.41) is 12.6. The predicted octanol–water partition coefficient (Wildman–Crippen LogP) is 22.9. The van der Waals surface area contributed by atoms with E-state index in [1.54, 1.807) is 0 Å². The fourth-order valence-electron chi connectivity index (χ4n) is 12.4. The Morgan fingerprint density at radius 1 is 0.212 bits per heavy atom. The molecule has 2 aromatic heterocycles. The lowest BCUT2D eigenvalue weighted by Crippen LogP contribution is -2.11. The minimum Gasteiger partial charge on any atom is -0.310 e. The zero-order valence-corrected chi connectivity index (χ0v) is 45.1. The van der Waals surface area contributed by atoms with Gasteiger partial charge in [-0.3, -0.25) is 0 Å². The standard InChI is InChI=1S/C76H48N2S2/c1-3-13-49(14-4-1)51-25-37-57(38-26-51)77(59-41-29-53(30-42-59)61-19-11-21-65-63-17-7-9-23-71(63)79-75(61)65)69-47-35-55-34-46-68-70(48-36-56-33-45-67(69)73(55)74(56)68)78(58-39-27-52(28-40-58)50-15-5-2-6-16-50)60-43-31-54(32-44-60)62-20-12-22-66-64-18-8-10-24-72(64)80-76(62)66/h1-48H. The SMILES string of the molecule is c1ccc(-c2ccc(N(c3ccc(-c4cccc5c4sc4ccccc45)cc3)c3ccc4ccc5c(N(c6ccc(-c7ccccc7)cc6)c6ccc(-c7cccc8c7sc7ccccc78)cc6)ccc6ccc3c4c65)cc2)cc1. The Hall–Kier alpha value is -9.84. The minimum atomic E-state index is 1.09. The molecule has 4 heteroatoms. The van der Waals surface area contributed by atoms with Gasteiger partial charge in [-0.15, -0.1) is 22.7 Å². The van der Waals surface area contributed by atoms with E-state index in [2.05, 4.69) is 301 Å². The summed E-state index contributed by atoms with van der Waals surface area (Å²) in [6.45, 7) is 0. The molecule has 0 spiro atoms. The summed E-state index contributed by atoms with van der Waals surface area (Å²) >= 11 is 3.76. The number of benzene rings is 14. The van der Waals surface area contributed by atoms with Crippen molar-refractivity contribution in [2.24, 2.45) is 0 Å². The van der Waals surface area contributed by atoms with Gasteiger partial charge >= 0.3 is 0 Å². The first kappa shape index (κ1) is 46.3. The van der Waals surface area contributed by atoms with Crippen LogP contribution in [0.5, 0.6) is 0 Å². The van der Waals surface area contributed by atoms with Gasteiger partial charge in [-0.2, -0.15) is 0 Å². The van der Waals surface area contributed by atoms with Crippen molar-refractivity contribution in [3.8, 4) is 44.5 Å². The average Bonchev–Trinajstić information content (AvgIpc) is 4.19. The van der Waals surface area contributed by atoms with Crippen molar-refractivity contribution in [2.75, 3.05) is 9.80 Å². The van der Waals surface area contributed by atoms with Crippen molar-refractivity contribution in [3.05, 3.63) is 291 Å². The molecular weight excluding hydrogens is 1000 g/mol. The topological polar surface area (TPSA) is 6.48 Å². The van der Waals surface area contributed by atoms with E-state index in [9.17, 15) is 0 Å². The van der Waals surface area contributed by atoms with Crippen molar-refractivity contribution in [3.63, 3.8) is 0 Å². The van der Waals surface area contributed by atoms with E-state index in [1.165, 1.54) is 117 Å². The van der Waals surface area contributed by atoms with E-state index >= 15 is 0 Å². The second-order valence-electron chi connectivity index (χ2n) is 20.7. The zero-order chi connectivity index (χ0) is 52.7. The van der Waals surface area contributed by atoms with E-state index in [1.807, 2.05) is 22.7 Å². The molecule has 0 fully saturated rings. The average molecular weight is 1050 g/mol. The lowest BCUT2D eigenvalue weighted by atomic mass is 9.91. The second kappa shape index (κ2) is 19.0. The quantitative estimate of drug-likeness (QED) is 0.126. The van der Waals surface area contributed by atoms with Gasteiger partial charge in [0, 0.05) is 73.9 Å². The summed E-state index contributed by atoms with van der Waals surface area (Å²) in [5.41, 5.74) is 16.3. The van der Waals surface area contributed by atoms with Gasteiger partial charge in [0.05, 0.1) is 11.4 Å². The predicted molar refractivity (Wildman–Crippen MR) is 347 cm³/mol. The molecule has 0 saturated heterocycles. The Morgan fingerprint density at radius 2 is 0.537 bits per heavy atom. The maximum atomic E-state index is 2.45. The molecule has 0 bridgehead atoms. The molecule has 80 heavy (non-hydrogen) atoms. The number of thiophene rings is 2. The van der Waals surface area contributed by atoms with Gasteiger partial charge in [0.25, 0.3) is 0 Å². The Kier molecular flexibility index (Phi) is 11.0. The first-order valence-corrected chi connectivity index (χ1v) is 28.9. The van der Waals surface area contributed by atoms with Crippen LogP contribution in [-0.2, 0) is 0 Å². The molecule has 374 valence electrons. The smallest absolute Gasteiger partial charge is 0.0540 e. The molecule has 16 aromatic rings. The lowest BCUT2D eigenvalue weighted by Gasteiger charge is -2.29. The van der Waals surface area contributed by atoms with Crippen LogP contribution in [0.4, 0.5) is 34.1 Å². The van der Waals surface area contributed by atoms with Crippen LogP contribution in [0.3, 0.4) is 0 Å². The molecule has 0 unspecified atom stereocenters. The van der Waals surface area contributed by atoms with Gasteiger partial charge < -0.3 is 9.80 Å². The van der Waals surface area contributed by atoms with Crippen LogP contribution in [0.2, 0.25) is 0 Å². The van der Waals surface area contributed by atoms with Gasteiger partial charge in [0.2, 0.25) is 0 Å². The van der Waals surface area contributed by atoms with Crippen LogP contribution in [0.25, 0.3) is 117 Å². The highest BCUT2D eigenvalue weighted by Gasteiger charge is 2.23. The van der Waals surface area contributed by atoms with Crippen molar-refractivity contribution in [2.45, 2.75) is 0 Å². The number of nitrogens with zero attached hydrogens (tertiary/aromatic N) is 2. The first-order valence-electron chi connectivity index (χ1n) is 27.3. The highest BCUT2D eigenvalue weighted by atomic mass is 32.1. The fourth-order valence-corrected chi connectivity index (χ4v) is 14.9. The highest BCUT2D eigenvalue weighted by Crippen LogP contribution is 2.49. The molecule has 0 atom stereocenters. The summed E-state index contributed by atoms with van der Waals surface area (Å²) in [4.78, 5) is 4.90. The second-order valence-corrected chi connectivity index (χ2v) is 22.8. The number of hydrogen-bond acceptors (Lipinski definition) is 4. The number of rotatable bonds is 10. The molecule has 2 nitrogen and oxygen atoms in total. The third-order valence-corrected chi connectivity index (χ3v) is 18.7. The Bertz CT molecular complexity index is 4650. The summed E-state index contributed by atoms with van der Waals surface area (Å²) in [5.74, 6) is 0. The molecule has 16 rings (SSSR count). The Labute approximate surface area is 471 Å². The number of fused-ring (bicyclic) bond motifs is 6. The molecule has 0 N–H and O–H groups in total. The summed E-state index contributed by atoms with van der Waals surface area (Å²) < 4.78 is 5.27. The molecule has 0 amide bonds. The first-order chi connectivity index (χ1) is 39.7. The minimum absolute atomic E-state index is 1.09. The zero-order valence-electron chi connectivity index (χ0n) is 43.4. The largest absolute Gasteiger partial charge is 0.310 e. The third kappa shape index (κ3) is 7.67. The lowest BCUT2D eigenvalue weighted by molar-refractivity contribution is 1.30. The van der Waals surface area contributed by atoms with E-state index in [0.29, 0.717) is 0 Å². The maximum Gasteiger partial charge on any atom is 0.0540 e. The van der Waals surface area contributed by atoms with E-state index < -0.39 is 0 Å². The molecule has 0 radical (unpaired) electrons. The molecule has 14 aromatic carbocycles. The molecule has 0 aliphatic heterocycles. The number of hydrogen-bond donors (Lipinski definition) is 0. The van der Waals surface area contributed by atoms with Crippen molar-refractivity contribution in [1.29, 1.82) is 0 Å². The Balaban J connectivity index is 0.851. The van der Waals surface area contributed by atoms with Crippen LogP contribution < -0.4 is 9.80 Å². The molecular formula is C76H48N2S2. The van der Waals surface area contributed by atoms with Crippen LogP contribution >= 0.6 is 22.7 Å². The molecule has 0 aliphatic carbocycles. The Morgan fingerprint density at radius 3 is 0.938 bits per heavy atom. The summed E-state index contributed by atoms with van der Waals surface area (Å²) in [7, 11) is 0. The van der Waals surface area contributed by atoms with Crippen molar-refractivity contribution < 1.29 is 0 Å². The van der Waals surface area contributed by atoms with Crippen molar-refractivity contribution in [1.82, 2.24) is 0 Å². The highest BCUT2D eigenvalue weighted by molar-refractivity contribution is 7.26. The van der Waals surface area contributed by atoms with Gasteiger partial charge in [0.1, 0.15) is 0 Å². The molecule has 0 saturated carbocycles. The van der Waals surface area contributed by atoms with Gasteiger partial charge in [-0.05, 0) is 139 Å². The van der Waals surface area contributed by atoms with Crippen LogP contribution in [-0.4, -0.2) is 0 Å². The monoisotopic (exact) mass is 1050 g/mol. The van der Waals surface area contributed by atoms with Crippen LogP contribution in [0.15, 0.2) is 291 Å². The van der Waals surface area contributed by atoms with Crippen molar-refractivity contribution >= 4 is 129 Å². The molecule has 2 heterocycles. The van der Waals surface area contributed by atoms with E-state index in [0.717, 1.165) is 34.1 Å².